The normalized spacial score (nSPS) is 11.1. The van der Waals surface area contributed by atoms with Crippen LogP contribution in [0.15, 0.2) is 42.5 Å². The number of carbonyl (C=O) groups is 2. The lowest BCUT2D eigenvalue weighted by Crippen LogP contribution is -2.45. The summed E-state index contributed by atoms with van der Waals surface area (Å²) in [5.41, 5.74) is 1.11. The Bertz CT molecular complexity index is 919. The largest absolute Gasteiger partial charge is 0.508 e. The number of ether oxygens (including phenoxy) is 2. The topological polar surface area (TPSA) is 88.1 Å². The molecule has 2 N–H and O–H groups in total. The fourth-order valence-corrected chi connectivity index (χ4v) is 3.40. The summed E-state index contributed by atoms with van der Waals surface area (Å²) >= 11 is 0. The summed E-state index contributed by atoms with van der Waals surface area (Å²) in [6, 6.07) is 12.4. The van der Waals surface area contributed by atoms with Crippen molar-refractivity contribution in [3.8, 4) is 17.2 Å². The van der Waals surface area contributed by atoms with Gasteiger partial charge in [-0.15, -0.1) is 0 Å². The number of hydrogen-bond donors (Lipinski definition) is 2. The predicted octanol–water partition coefficient (Wildman–Crippen LogP) is 4.32. The number of amides is 2. The van der Waals surface area contributed by atoms with Crippen molar-refractivity contribution in [1.82, 2.24) is 5.32 Å². The van der Waals surface area contributed by atoms with Crippen molar-refractivity contribution in [3.05, 3.63) is 48.0 Å². The molecular formula is C26H36N2O5. The number of benzene rings is 2. The summed E-state index contributed by atoms with van der Waals surface area (Å²) in [4.78, 5) is 27.2. The lowest BCUT2D eigenvalue weighted by Gasteiger charge is -2.29. The number of nitrogens with one attached hydrogen (secondary N) is 1. The third-order valence-electron chi connectivity index (χ3n) is 5.27. The number of aryl methyl sites for hydroxylation is 1. The van der Waals surface area contributed by atoms with Gasteiger partial charge < -0.3 is 24.8 Å². The maximum atomic E-state index is 13.1. The molecule has 0 heterocycles. The Morgan fingerprint density at radius 2 is 1.61 bits per heavy atom. The number of phenolic OH excluding ortho intramolecular Hbond substituents is 1. The number of phenols is 1. The zero-order chi connectivity index (χ0) is 24.4. The van der Waals surface area contributed by atoms with Crippen LogP contribution in [0.4, 0.5) is 5.69 Å². The minimum absolute atomic E-state index is 0.0703. The van der Waals surface area contributed by atoms with Crippen LogP contribution in [0.3, 0.4) is 0 Å². The first kappa shape index (κ1) is 26.0. The SMILES string of the molecule is COc1ccc(N(CC(=O)NCCCCCc2ccc(O)cc2)C(=O)C(C)(C)C)cc1OC. The molecule has 0 spiro atoms. The number of methoxy groups -OCH3 is 2. The molecule has 0 fully saturated rings. The lowest BCUT2D eigenvalue weighted by molar-refractivity contribution is -0.128. The summed E-state index contributed by atoms with van der Waals surface area (Å²) in [5, 5.41) is 12.3. The summed E-state index contributed by atoms with van der Waals surface area (Å²) in [5.74, 6) is 0.963. The highest BCUT2D eigenvalue weighted by molar-refractivity contribution is 6.01. The Hall–Kier alpha value is -3.22. The molecular weight excluding hydrogens is 420 g/mol. The molecule has 2 aromatic rings. The third kappa shape index (κ3) is 8.00. The van der Waals surface area contributed by atoms with E-state index in [1.54, 1.807) is 37.4 Å². The first-order valence-electron chi connectivity index (χ1n) is 11.2. The second-order valence-electron chi connectivity index (χ2n) is 9.01. The van der Waals surface area contributed by atoms with Gasteiger partial charge in [-0.05, 0) is 49.1 Å². The van der Waals surface area contributed by atoms with E-state index in [0.717, 1.165) is 25.7 Å². The Morgan fingerprint density at radius 3 is 2.21 bits per heavy atom. The van der Waals surface area contributed by atoms with E-state index < -0.39 is 5.41 Å². The predicted molar refractivity (Wildman–Crippen MR) is 130 cm³/mol. The maximum Gasteiger partial charge on any atom is 0.240 e. The molecule has 0 bridgehead atoms. The number of hydrogen-bond acceptors (Lipinski definition) is 5. The summed E-state index contributed by atoms with van der Waals surface area (Å²) in [6.45, 7) is 5.97. The standard InChI is InChI=1S/C26H36N2O5/c1-26(2,3)25(31)28(20-12-15-22(32-4)23(17-20)33-5)18-24(30)27-16-8-6-7-9-19-10-13-21(29)14-11-19/h10-15,17,29H,6-9,16,18H2,1-5H3,(H,27,30). The van der Waals surface area contributed by atoms with E-state index in [-0.39, 0.29) is 24.1 Å². The highest BCUT2D eigenvalue weighted by Crippen LogP contribution is 2.33. The van der Waals surface area contributed by atoms with Gasteiger partial charge in [0, 0.05) is 23.7 Å². The number of carbonyl (C=O) groups excluding carboxylic acids is 2. The van der Waals surface area contributed by atoms with E-state index in [2.05, 4.69) is 5.32 Å². The van der Waals surface area contributed by atoms with Crippen LogP contribution in [0.25, 0.3) is 0 Å². The van der Waals surface area contributed by atoms with Crippen molar-refractivity contribution in [1.29, 1.82) is 0 Å². The van der Waals surface area contributed by atoms with Crippen LogP contribution >= 0.6 is 0 Å². The van der Waals surface area contributed by atoms with Crippen molar-refractivity contribution in [2.75, 3.05) is 32.2 Å². The smallest absolute Gasteiger partial charge is 0.240 e. The third-order valence-corrected chi connectivity index (χ3v) is 5.27. The van der Waals surface area contributed by atoms with Gasteiger partial charge in [0.25, 0.3) is 0 Å². The quantitative estimate of drug-likeness (QED) is 0.492. The zero-order valence-corrected chi connectivity index (χ0v) is 20.3. The number of nitrogens with zero attached hydrogens (tertiary/aromatic N) is 1. The Balaban J connectivity index is 1.91. The fourth-order valence-electron chi connectivity index (χ4n) is 3.40. The van der Waals surface area contributed by atoms with Crippen LogP contribution in [-0.2, 0) is 16.0 Å². The Labute approximate surface area is 196 Å². The molecule has 180 valence electrons. The molecule has 2 rings (SSSR count). The van der Waals surface area contributed by atoms with Gasteiger partial charge in [0.1, 0.15) is 12.3 Å². The number of unbranched alkanes of at least 4 members (excludes halogenated alkanes) is 2. The molecule has 0 aliphatic carbocycles. The Morgan fingerprint density at radius 1 is 0.939 bits per heavy atom. The molecule has 7 nitrogen and oxygen atoms in total. The second kappa shape index (κ2) is 12.1. The molecule has 7 heteroatoms. The first-order valence-corrected chi connectivity index (χ1v) is 11.2. The van der Waals surface area contributed by atoms with E-state index in [4.69, 9.17) is 9.47 Å². The lowest BCUT2D eigenvalue weighted by atomic mass is 9.94. The van der Waals surface area contributed by atoms with Crippen molar-refractivity contribution >= 4 is 17.5 Å². The summed E-state index contributed by atoms with van der Waals surface area (Å²) < 4.78 is 10.6. The van der Waals surface area contributed by atoms with Crippen LogP contribution in [0.1, 0.15) is 45.6 Å². The monoisotopic (exact) mass is 456 g/mol. The van der Waals surface area contributed by atoms with Crippen molar-refractivity contribution in [2.45, 2.75) is 46.5 Å². The molecule has 33 heavy (non-hydrogen) atoms. The maximum absolute atomic E-state index is 13.1. The van der Waals surface area contributed by atoms with Gasteiger partial charge in [-0.25, -0.2) is 0 Å². The van der Waals surface area contributed by atoms with E-state index >= 15 is 0 Å². The van der Waals surface area contributed by atoms with Gasteiger partial charge in [-0.2, -0.15) is 0 Å². The molecule has 0 radical (unpaired) electrons. The van der Waals surface area contributed by atoms with Gasteiger partial charge in [0.2, 0.25) is 11.8 Å². The van der Waals surface area contributed by atoms with Crippen LogP contribution < -0.4 is 19.7 Å². The molecule has 2 aromatic carbocycles. The van der Waals surface area contributed by atoms with Gasteiger partial charge in [0.05, 0.1) is 14.2 Å². The van der Waals surface area contributed by atoms with Gasteiger partial charge in [-0.3, -0.25) is 9.59 Å². The van der Waals surface area contributed by atoms with Gasteiger partial charge in [0.15, 0.2) is 11.5 Å². The Kier molecular flexibility index (Phi) is 9.57. The highest BCUT2D eigenvalue weighted by atomic mass is 16.5. The van der Waals surface area contributed by atoms with Gasteiger partial charge >= 0.3 is 0 Å². The highest BCUT2D eigenvalue weighted by Gasteiger charge is 2.30. The van der Waals surface area contributed by atoms with E-state index in [0.29, 0.717) is 23.7 Å². The molecule has 0 aliphatic rings. The minimum Gasteiger partial charge on any atom is -0.508 e. The summed E-state index contributed by atoms with van der Waals surface area (Å²) in [6.07, 6.45) is 3.76. The van der Waals surface area contributed by atoms with Crippen LogP contribution in [-0.4, -0.2) is 44.2 Å². The second-order valence-corrected chi connectivity index (χ2v) is 9.01. The van der Waals surface area contributed by atoms with Crippen molar-refractivity contribution in [3.63, 3.8) is 0 Å². The van der Waals surface area contributed by atoms with Gasteiger partial charge in [-0.1, -0.05) is 39.3 Å². The van der Waals surface area contributed by atoms with Crippen LogP contribution in [0.2, 0.25) is 0 Å². The molecule has 0 saturated heterocycles. The summed E-state index contributed by atoms with van der Waals surface area (Å²) in [7, 11) is 3.08. The van der Waals surface area contributed by atoms with Crippen molar-refractivity contribution < 1.29 is 24.2 Å². The molecule has 0 aromatic heterocycles. The fraction of sp³-hybridized carbons (Fsp3) is 0.462. The molecule has 0 unspecified atom stereocenters. The number of aromatic hydroxyl groups is 1. The zero-order valence-electron chi connectivity index (χ0n) is 20.3. The molecule has 0 saturated carbocycles. The number of rotatable bonds is 11. The first-order chi connectivity index (χ1) is 15.7. The molecule has 0 aliphatic heterocycles. The van der Waals surface area contributed by atoms with Crippen molar-refractivity contribution in [2.24, 2.45) is 5.41 Å². The van der Waals surface area contributed by atoms with Crippen LogP contribution in [0, 0.1) is 5.41 Å². The average molecular weight is 457 g/mol. The van der Waals surface area contributed by atoms with E-state index in [1.165, 1.54) is 17.6 Å². The van der Waals surface area contributed by atoms with E-state index in [9.17, 15) is 14.7 Å². The average Bonchev–Trinajstić information content (AvgIpc) is 2.79. The van der Waals surface area contributed by atoms with E-state index in [1.807, 2.05) is 32.9 Å². The van der Waals surface area contributed by atoms with Crippen LogP contribution in [0.5, 0.6) is 17.2 Å². The number of anilines is 1. The molecule has 0 atom stereocenters. The molecule has 2 amide bonds. The minimum atomic E-state index is -0.651.